The van der Waals surface area contributed by atoms with Crippen molar-refractivity contribution in [3.63, 3.8) is 0 Å². The number of nitrogens with zero attached hydrogens (tertiary/aromatic N) is 2. The van der Waals surface area contributed by atoms with Gasteiger partial charge in [-0.2, -0.15) is 0 Å². The second-order valence-electron chi connectivity index (χ2n) is 7.68. The van der Waals surface area contributed by atoms with E-state index >= 15 is 0 Å². The number of nitro groups is 1. The lowest BCUT2D eigenvalue weighted by atomic mass is 9.99. The highest BCUT2D eigenvalue weighted by Gasteiger charge is 2.27. The maximum atomic E-state index is 12.9. The van der Waals surface area contributed by atoms with Gasteiger partial charge in [0, 0.05) is 30.4 Å². The van der Waals surface area contributed by atoms with E-state index in [1.807, 2.05) is 13.8 Å². The van der Waals surface area contributed by atoms with Crippen LogP contribution in [0.15, 0.2) is 30.3 Å². The van der Waals surface area contributed by atoms with E-state index < -0.39 is 10.8 Å². The van der Waals surface area contributed by atoms with Crippen molar-refractivity contribution in [2.45, 2.75) is 26.7 Å². The molecule has 2 aromatic carbocycles. The van der Waals surface area contributed by atoms with Crippen molar-refractivity contribution < 1.29 is 24.0 Å². The van der Waals surface area contributed by atoms with Crippen LogP contribution in [0.4, 0.5) is 17.1 Å². The molecule has 1 aliphatic heterocycles. The number of hydrogen-bond donors (Lipinski definition) is 1. The number of rotatable bonds is 7. The highest BCUT2D eigenvalue weighted by Crippen LogP contribution is 2.35. The summed E-state index contributed by atoms with van der Waals surface area (Å²) in [6.07, 6.45) is 0.973. The van der Waals surface area contributed by atoms with E-state index in [2.05, 4.69) is 5.32 Å². The highest BCUT2D eigenvalue weighted by molar-refractivity contribution is 6.08. The SMILES string of the molecule is COc1cc(C(=O)Nc2ccc3c(c2)CCC(=O)N3CC(C)C)c([N+](=O)[O-])cc1OC. The van der Waals surface area contributed by atoms with Gasteiger partial charge in [0.2, 0.25) is 5.91 Å². The van der Waals surface area contributed by atoms with Crippen LogP contribution in [0.1, 0.15) is 36.2 Å². The Morgan fingerprint density at radius 2 is 1.84 bits per heavy atom. The molecule has 1 heterocycles. The van der Waals surface area contributed by atoms with Gasteiger partial charge in [-0.1, -0.05) is 13.8 Å². The molecule has 164 valence electrons. The van der Waals surface area contributed by atoms with Crippen LogP contribution < -0.4 is 19.7 Å². The van der Waals surface area contributed by atoms with Crippen LogP contribution in [0.5, 0.6) is 11.5 Å². The molecule has 0 aliphatic carbocycles. The average Bonchev–Trinajstić information content (AvgIpc) is 2.74. The molecule has 9 heteroatoms. The minimum atomic E-state index is -0.640. The summed E-state index contributed by atoms with van der Waals surface area (Å²) >= 11 is 0. The molecule has 9 nitrogen and oxygen atoms in total. The fraction of sp³-hybridized carbons (Fsp3) is 0.364. The summed E-state index contributed by atoms with van der Waals surface area (Å²) in [5.41, 5.74) is 1.74. The van der Waals surface area contributed by atoms with E-state index in [-0.39, 0.29) is 28.7 Å². The Labute approximate surface area is 180 Å². The third kappa shape index (κ3) is 4.60. The topological polar surface area (TPSA) is 111 Å². The van der Waals surface area contributed by atoms with Crippen LogP contribution in [0.2, 0.25) is 0 Å². The van der Waals surface area contributed by atoms with Crippen molar-refractivity contribution in [2.75, 3.05) is 31.0 Å². The molecule has 2 amide bonds. The Hall–Kier alpha value is -3.62. The summed E-state index contributed by atoms with van der Waals surface area (Å²) in [6.45, 7) is 4.72. The van der Waals surface area contributed by atoms with E-state index in [0.717, 1.165) is 17.3 Å². The van der Waals surface area contributed by atoms with Crippen LogP contribution >= 0.6 is 0 Å². The maximum Gasteiger partial charge on any atom is 0.286 e. The summed E-state index contributed by atoms with van der Waals surface area (Å²) in [7, 11) is 2.75. The van der Waals surface area contributed by atoms with Crippen molar-refractivity contribution in [1.82, 2.24) is 0 Å². The van der Waals surface area contributed by atoms with Gasteiger partial charge < -0.3 is 19.7 Å². The van der Waals surface area contributed by atoms with Crippen LogP contribution in [0.25, 0.3) is 0 Å². The first-order valence-electron chi connectivity index (χ1n) is 9.90. The number of fused-ring (bicyclic) bond motifs is 1. The van der Waals surface area contributed by atoms with Crippen LogP contribution in [0.3, 0.4) is 0 Å². The van der Waals surface area contributed by atoms with Crippen LogP contribution in [0, 0.1) is 16.0 Å². The molecule has 1 N–H and O–H groups in total. The van der Waals surface area contributed by atoms with Gasteiger partial charge in [0.25, 0.3) is 11.6 Å². The average molecular weight is 427 g/mol. The molecule has 0 bridgehead atoms. The lowest BCUT2D eigenvalue weighted by Gasteiger charge is -2.31. The molecule has 0 aromatic heterocycles. The number of nitrogens with one attached hydrogen (secondary N) is 1. The number of ether oxygens (including phenoxy) is 2. The molecule has 1 aliphatic rings. The molecule has 3 rings (SSSR count). The third-order valence-electron chi connectivity index (χ3n) is 5.03. The molecule has 0 radical (unpaired) electrons. The Balaban J connectivity index is 1.91. The second kappa shape index (κ2) is 9.03. The molecule has 0 saturated carbocycles. The predicted octanol–water partition coefficient (Wildman–Crippen LogP) is 3.80. The molecule has 0 unspecified atom stereocenters. The van der Waals surface area contributed by atoms with E-state index in [9.17, 15) is 19.7 Å². The Morgan fingerprint density at radius 3 is 2.45 bits per heavy atom. The smallest absolute Gasteiger partial charge is 0.286 e. The summed E-state index contributed by atoms with van der Waals surface area (Å²) in [6, 6.07) is 7.74. The standard InChI is InChI=1S/C22H25N3O6/c1-13(2)12-24-17-7-6-15(9-14(17)5-8-21(24)26)23-22(27)16-10-19(30-3)20(31-4)11-18(16)25(28)29/h6-7,9-11,13H,5,8,12H2,1-4H3,(H,23,27). The lowest BCUT2D eigenvalue weighted by Crippen LogP contribution is -2.37. The Bertz CT molecular complexity index is 1030. The number of carbonyl (C=O) groups is 2. The number of amides is 2. The van der Waals surface area contributed by atoms with E-state index in [0.29, 0.717) is 31.0 Å². The van der Waals surface area contributed by atoms with Gasteiger partial charge in [-0.25, -0.2) is 0 Å². The largest absolute Gasteiger partial charge is 0.493 e. The van der Waals surface area contributed by atoms with Crippen molar-refractivity contribution >= 4 is 28.9 Å². The van der Waals surface area contributed by atoms with Crippen molar-refractivity contribution in [3.05, 3.63) is 51.6 Å². The zero-order chi connectivity index (χ0) is 22.7. The van der Waals surface area contributed by atoms with Gasteiger partial charge >= 0.3 is 0 Å². The van der Waals surface area contributed by atoms with Gasteiger partial charge in [-0.15, -0.1) is 0 Å². The third-order valence-corrected chi connectivity index (χ3v) is 5.03. The van der Waals surface area contributed by atoms with Crippen LogP contribution in [-0.2, 0) is 11.2 Å². The van der Waals surface area contributed by atoms with Gasteiger partial charge in [0.15, 0.2) is 11.5 Å². The van der Waals surface area contributed by atoms with E-state index in [1.165, 1.54) is 20.3 Å². The van der Waals surface area contributed by atoms with Crippen LogP contribution in [-0.4, -0.2) is 37.5 Å². The van der Waals surface area contributed by atoms with Gasteiger partial charge in [-0.05, 0) is 36.1 Å². The predicted molar refractivity (Wildman–Crippen MR) is 116 cm³/mol. The monoisotopic (exact) mass is 427 g/mol. The van der Waals surface area contributed by atoms with E-state index in [1.54, 1.807) is 23.1 Å². The van der Waals surface area contributed by atoms with E-state index in [4.69, 9.17) is 9.47 Å². The minimum Gasteiger partial charge on any atom is -0.493 e. The quantitative estimate of drug-likeness (QED) is 0.531. The number of anilines is 2. The molecule has 31 heavy (non-hydrogen) atoms. The Kier molecular flexibility index (Phi) is 6.43. The van der Waals surface area contributed by atoms with Crippen molar-refractivity contribution in [1.29, 1.82) is 0 Å². The normalized spacial score (nSPS) is 13.1. The molecule has 2 aromatic rings. The van der Waals surface area contributed by atoms with Gasteiger partial charge in [0.1, 0.15) is 5.56 Å². The number of nitro benzene ring substituents is 1. The molecule has 0 atom stereocenters. The summed E-state index contributed by atoms with van der Waals surface area (Å²) < 4.78 is 10.3. The molecule has 0 fully saturated rings. The zero-order valence-electron chi connectivity index (χ0n) is 17.9. The fourth-order valence-corrected chi connectivity index (χ4v) is 3.60. The maximum absolute atomic E-state index is 12.9. The first-order chi connectivity index (χ1) is 14.7. The van der Waals surface area contributed by atoms with Crippen molar-refractivity contribution in [2.24, 2.45) is 5.92 Å². The highest BCUT2D eigenvalue weighted by atomic mass is 16.6. The first-order valence-corrected chi connectivity index (χ1v) is 9.90. The Morgan fingerprint density at radius 1 is 1.16 bits per heavy atom. The number of hydrogen-bond acceptors (Lipinski definition) is 6. The molecular formula is C22H25N3O6. The van der Waals surface area contributed by atoms with Gasteiger partial charge in [-0.3, -0.25) is 19.7 Å². The lowest BCUT2D eigenvalue weighted by molar-refractivity contribution is -0.385. The number of benzene rings is 2. The number of methoxy groups -OCH3 is 2. The fourth-order valence-electron chi connectivity index (χ4n) is 3.60. The zero-order valence-corrected chi connectivity index (χ0v) is 17.9. The summed E-state index contributed by atoms with van der Waals surface area (Å²) in [5, 5.41) is 14.2. The number of aryl methyl sites for hydroxylation is 1. The molecule has 0 spiro atoms. The van der Waals surface area contributed by atoms with Crippen molar-refractivity contribution in [3.8, 4) is 11.5 Å². The molecule has 0 saturated heterocycles. The minimum absolute atomic E-state index is 0.0824. The second-order valence-corrected chi connectivity index (χ2v) is 7.68. The summed E-state index contributed by atoms with van der Waals surface area (Å²) in [4.78, 5) is 37.8. The van der Waals surface area contributed by atoms with Gasteiger partial charge in [0.05, 0.1) is 25.2 Å². The summed E-state index contributed by atoms with van der Waals surface area (Å²) in [5.74, 6) is 0.137. The number of carbonyl (C=O) groups excluding carboxylic acids is 2. The first kappa shape index (κ1) is 22.1. The molecular weight excluding hydrogens is 402 g/mol.